The van der Waals surface area contributed by atoms with Gasteiger partial charge in [0.1, 0.15) is 0 Å². The molecule has 1 amide bonds. The number of aromatic amines is 1. The zero-order valence-corrected chi connectivity index (χ0v) is 13.7. The second kappa shape index (κ2) is 6.13. The highest BCUT2D eigenvalue weighted by Crippen LogP contribution is 2.36. The molecule has 0 fully saturated rings. The van der Waals surface area contributed by atoms with E-state index in [2.05, 4.69) is 21.6 Å². The molecular formula is C19H16ClN3O. The molecule has 0 unspecified atom stereocenters. The summed E-state index contributed by atoms with van der Waals surface area (Å²) in [6, 6.07) is 9.45. The molecule has 5 heteroatoms. The molecule has 3 aliphatic rings. The van der Waals surface area contributed by atoms with Gasteiger partial charge in [-0.25, -0.2) is 0 Å². The van der Waals surface area contributed by atoms with E-state index in [-0.39, 0.29) is 5.91 Å². The van der Waals surface area contributed by atoms with Gasteiger partial charge in [0, 0.05) is 28.3 Å². The first-order valence-electron chi connectivity index (χ1n) is 7.90. The number of hydrogen-bond donors (Lipinski definition) is 2. The third-order valence-electron chi connectivity index (χ3n) is 4.31. The Balaban J connectivity index is 1.63. The molecule has 0 saturated heterocycles. The first-order chi connectivity index (χ1) is 11.7. The molecule has 4 rings (SSSR count). The van der Waals surface area contributed by atoms with Gasteiger partial charge in [0.15, 0.2) is 0 Å². The van der Waals surface area contributed by atoms with E-state index in [1.165, 1.54) is 0 Å². The Morgan fingerprint density at radius 3 is 3.12 bits per heavy atom. The molecular weight excluding hydrogens is 322 g/mol. The van der Waals surface area contributed by atoms with Crippen LogP contribution < -0.4 is 5.32 Å². The van der Waals surface area contributed by atoms with Crippen molar-refractivity contribution in [3.05, 3.63) is 70.0 Å². The van der Waals surface area contributed by atoms with Crippen molar-refractivity contribution in [2.24, 2.45) is 0 Å². The molecule has 0 radical (unpaired) electrons. The lowest BCUT2D eigenvalue weighted by Crippen LogP contribution is -2.23. The fraction of sp³-hybridized carbons (Fsp3) is 0.158. The maximum Gasteiger partial charge on any atom is 0.251 e. The van der Waals surface area contributed by atoms with Gasteiger partial charge in [-0.2, -0.15) is 5.10 Å². The highest BCUT2D eigenvalue weighted by molar-refractivity contribution is 6.30. The number of nitrogens with one attached hydrogen (secondary N) is 2. The number of benzene rings is 1. The molecule has 0 saturated carbocycles. The first-order valence-corrected chi connectivity index (χ1v) is 8.28. The van der Waals surface area contributed by atoms with Gasteiger partial charge in [0.2, 0.25) is 0 Å². The van der Waals surface area contributed by atoms with Crippen molar-refractivity contribution < 1.29 is 4.79 Å². The van der Waals surface area contributed by atoms with Crippen molar-refractivity contribution in [3.8, 4) is 11.1 Å². The molecule has 120 valence electrons. The molecule has 0 bridgehead atoms. The van der Waals surface area contributed by atoms with E-state index in [1.807, 2.05) is 36.4 Å². The lowest BCUT2D eigenvalue weighted by atomic mass is 10.0. The van der Waals surface area contributed by atoms with Gasteiger partial charge < -0.3 is 5.32 Å². The zero-order valence-electron chi connectivity index (χ0n) is 13.0. The molecule has 1 aromatic carbocycles. The SMILES string of the molecule is O=C(NCc1cccc(Cl)c1)c1cc2cn[nH]c3c-2c1CCC=C3. The molecule has 2 N–H and O–H groups in total. The highest BCUT2D eigenvalue weighted by atomic mass is 35.5. The van der Waals surface area contributed by atoms with E-state index in [4.69, 9.17) is 11.6 Å². The van der Waals surface area contributed by atoms with Crippen LogP contribution in [0.2, 0.25) is 5.02 Å². The van der Waals surface area contributed by atoms with Crippen molar-refractivity contribution in [1.82, 2.24) is 15.5 Å². The van der Waals surface area contributed by atoms with E-state index in [0.29, 0.717) is 11.6 Å². The van der Waals surface area contributed by atoms with Gasteiger partial charge in [-0.05, 0) is 48.2 Å². The minimum atomic E-state index is -0.0611. The number of allylic oxidation sites excluding steroid dienone is 1. The number of aromatic nitrogens is 2. The quantitative estimate of drug-likeness (QED) is 0.757. The Bertz CT molecular complexity index is 913. The predicted molar refractivity (Wildman–Crippen MR) is 95.2 cm³/mol. The summed E-state index contributed by atoms with van der Waals surface area (Å²) in [4.78, 5) is 12.7. The summed E-state index contributed by atoms with van der Waals surface area (Å²) in [6.45, 7) is 0.454. The Labute approximate surface area is 144 Å². The number of hydrogen-bond acceptors (Lipinski definition) is 2. The summed E-state index contributed by atoms with van der Waals surface area (Å²) in [5.41, 5.74) is 5.87. The van der Waals surface area contributed by atoms with E-state index < -0.39 is 0 Å². The van der Waals surface area contributed by atoms with Gasteiger partial charge in [-0.1, -0.05) is 29.8 Å². The number of nitrogens with zero attached hydrogens (tertiary/aromatic N) is 1. The molecule has 1 aromatic rings. The van der Waals surface area contributed by atoms with Crippen LogP contribution >= 0.6 is 11.6 Å². The van der Waals surface area contributed by atoms with Crippen LogP contribution in [-0.4, -0.2) is 16.1 Å². The molecule has 24 heavy (non-hydrogen) atoms. The molecule has 0 spiro atoms. The molecule has 2 aliphatic carbocycles. The Morgan fingerprint density at radius 1 is 1.33 bits per heavy atom. The summed E-state index contributed by atoms with van der Waals surface area (Å²) in [5.74, 6) is -0.0611. The average Bonchev–Trinajstić information content (AvgIpc) is 2.82. The Hall–Kier alpha value is -2.59. The van der Waals surface area contributed by atoms with Crippen LogP contribution in [0, 0.1) is 0 Å². The number of rotatable bonds is 3. The molecule has 1 aliphatic heterocycles. The van der Waals surface area contributed by atoms with Crippen LogP contribution in [0.1, 0.15) is 33.6 Å². The number of amides is 1. The van der Waals surface area contributed by atoms with Crippen LogP contribution in [0.3, 0.4) is 0 Å². The van der Waals surface area contributed by atoms with Crippen LogP contribution in [-0.2, 0) is 13.0 Å². The Morgan fingerprint density at radius 2 is 2.25 bits per heavy atom. The second-order valence-electron chi connectivity index (χ2n) is 5.90. The van der Waals surface area contributed by atoms with Crippen LogP contribution in [0.25, 0.3) is 17.2 Å². The molecule has 1 heterocycles. The van der Waals surface area contributed by atoms with E-state index in [9.17, 15) is 4.79 Å². The summed E-state index contributed by atoms with van der Waals surface area (Å²) < 4.78 is 0. The third-order valence-corrected chi connectivity index (χ3v) is 4.54. The number of carbonyl (C=O) groups is 1. The van der Waals surface area contributed by atoms with Crippen molar-refractivity contribution in [3.63, 3.8) is 0 Å². The summed E-state index contributed by atoms with van der Waals surface area (Å²) in [7, 11) is 0. The minimum Gasteiger partial charge on any atom is -0.348 e. The third kappa shape index (κ3) is 2.69. The minimum absolute atomic E-state index is 0.0611. The monoisotopic (exact) mass is 337 g/mol. The average molecular weight is 338 g/mol. The molecule has 4 nitrogen and oxygen atoms in total. The Kier molecular flexibility index (Phi) is 3.82. The number of carbonyl (C=O) groups excluding carboxylic acids is 1. The van der Waals surface area contributed by atoms with E-state index >= 15 is 0 Å². The standard InChI is InChI=1S/C19H16ClN3O/c20-14-5-3-4-12(8-14)10-21-19(24)16-9-13-11-22-23-17-7-2-1-6-15(16)18(13)17/h2-5,7-9,11,23H,1,6,10H2,(H,21,24). The largest absolute Gasteiger partial charge is 0.348 e. The van der Waals surface area contributed by atoms with E-state index in [1.54, 1.807) is 6.20 Å². The number of halogens is 1. The first kappa shape index (κ1) is 15.0. The smallest absolute Gasteiger partial charge is 0.251 e. The maximum absolute atomic E-state index is 12.7. The lowest BCUT2D eigenvalue weighted by Gasteiger charge is -2.08. The van der Waals surface area contributed by atoms with Crippen molar-refractivity contribution >= 4 is 23.6 Å². The van der Waals surface area contributed by atoms with E-state index in [0.717, 1.165) is 46.4 Å². The maximum atomic E-state index is 12.7. The van der Waals surface area contributed by atoms with Gasteiger partial charge in [0.25, 0.3) is 5.91 Å². The summed E-state index contributed by atoms with van der Waals surface area (Å²) >= 11 is 5.99. The predicted octanol–water partition coefficient (Wildman–Crippen LogP) is 4.06. The topological polar surface area (TPSA) is 57.8 Å². The highest BCUT2D eigenvalue weighted by Gasteiger charge is 2.23. The molecule has 0 aromatic heterocycles. The van der Waals surface area contributed by atoms with Crippen molar-refractivity contribution in [2.45, 2.75) is 19.4 Å². The summed E-state index contributed by atoms with van der Waals surface area (Å²) in [6.07, 6.45) is 7.69. The summed E-state index contributed by atoms with van der Waals surface area (Å²) in [5, 5.41) is 10.8. The van der Waals surface area contributed by atoms with Gasteiger partial charge in [-0.3, -0.25) is 9.89 Å². The van der Waals surface area contributed by atoms with Crippen molar-refractivity contribution in [1.29, 1.82) is 0 Å². The fourth-order valence-corrected chi connectivity index (χ4v) is 3.42. The molecule has 0 atom stereocenters. The number of H-pyrrole nitrogens is 1. The lowest BCUT2D eigenvalue weighted by molar-refractivity contribution is 0.0950. The van der Waals surface area contributed by atoms with Crippen LogP contribution in [0.15, 0.2) is 42.6 Å². The van der Waals surface area contributed by atoms with Gasteiger partial charge in [0.05, 0.1) is 11.9 Å². The van der Waals surface area contributed by atoms with Gasteiger partial charge >= 0.3 is 0 Å². The van der Waals surface area contributed by atoms with Crippen LogP contribution in [0.4, 0.5) is 0 Å². The second-order valence-corrected chi connectivity index (χ2v) is 6.34. The van der Waals surface area contributed by atoms with Gasteiger partial charge in [-0.15, -0.1) is 0 Å². The normalized spacial score (nSPS) is 13.0. The zero-order chi connectivity index (χ0) is 16.5. The van der Waals surface area contributed by atoms with Crippen molar-refractivity contribution in [2.75, 3.05) is 0 Å². The fourth-order valence-electron chi connectivity index (χ4n) is 3.21. The van der Waals surface area contributed by atoms with Crippen LogP contribution in [0.5, 0.6) is 0 Å².